The first-order valence-electron chi connectivity index (χ1n) is 5.47. The zero-order valence-corrected chi connectivity index (χ0v) is 9.14. The van der Waals surface area contributed by atoms with E-state index in [1.54, 1.807) is 0 Å². The summed E-state index contributed by atoms with van der Waals surface area (Å²) in [4.78, 5) is 0. The monoisotopic (exact) mass is 222 g/mol. The van der Waals surface area contributed by atoms with E-state index in [0.29, 0.717) is 13.4 Å². The van der Waals surface area contributed by atoms with E-state index < -0.39 is 0 Å². The maximum atomic E-state index is 5.59. The van der Waals surface area contributed by atoms with Crippen LogP contribution in [0.15, 0.2) is 18.2 Å². The van der Waals surface area contributed by atoms with Crippen LogP contribution in [-0.4, -0.2) is 25.8 Å². The van der Waals surface area contributed by atoms with E-state index in [4.69, 9.17) is 18.9 Å². The van der Waals surface area contributed by atoms with E-state index >= 15 is 0 Å². The topological polar surface area (TPSA) is 36.9 Å². The van der Waals surface area contributed by atoms with Crippen LogP contribution in [0.25, 0.3) is 0 Å². The third-order valence-corrected chi connectivity index (χ3v) is 2.80. The van der Waals surface area contributed by atoms with Gasteiger partial charge in [-0.3, -0.25) is 0 Å². The summed E-state index contributed by atoms with van der Waals surface area (Å²) in [7, 11) is 0. The lowest BCUT2D eigenvalue weighted by atomic mass is 10.1. The molecule has 3 rings (SSSR count). The molecule has 2 aliphatic heterocycles. The molecule has 0 radical (unpaired) electrons. The molecule has 0 N–H and O–H groups in total. The van der Waals surface area contributed by atoms with Crippen molar-refractivity contribution in [2.45, 2.75) is 25.7 Å². The third-order valence-electron chi connectivity index (χ3n) is 2.80. The van der Waals surface area contributed by atoms with Gasteiger partial charge in [-0.2, -0.15) is 0 Å². The molecule has 2 aliphatic rings. The maximum absolute atomic E-state index is 5.59. The molecule has 1 aromatic carbocycles. The Balaban J connectivity index is 1.71. The fourth-order valence-electron chi connectivity index (χ4n) is 2.03. The van der Waals surface area contributed by atoms with Crippen LogP contribution < -0.4 is 9.47 Å². The molecule has 0 aliphatic carbocycles. The molecular weight excluding hydrogens is 208 g/mol. The van der Waals surface area contributed by atoms with Crippen molar-refractivity contribution in [1.29, 1.82) is 0 Å². The Kier molecular flexibility index (Phi) is 2.46. The van der Waals surface area contributed by atoms with Crippen LogP contribution in [0.2, 0.25) is 0 Å². The summed E-state index contributed by atoms with van der Waals surface area (Å²) in [5.74, 6) is 1.64. The molecule has 0 aromatic heterocycles. The first-order chi connectivity index (χ1) is 7.81. The standard InChI is InChI=1S/C12H14O4/c1-8-13-6-10(16-8)4-9-2-3-11-12(5-9)15-7-14-11/h2-3,5,8,10H,4,6-7H2,1H3. The van der Waals surface area contributed by atoms with E-state index in [0.717, 1.165) is 17.9 Å². The van der Waals surface area contributed by atoms with Gasteiger partial charge in [-0.15, -0.1) is 0 Å². The van der Waals surface area contributed by atoms with Crippen LogP contribution in [-0.2, 0) is 15.9 Å². The van der Waals surface area contributed by atoms with Gasteiger partial charge in [0.15, 0.2) is 17.8 Å². The molecule has 4 nitrogen and oxygen atoms in total. The minimum Gasteiger partial charge on any atom is -0.454 e. The molecule has 0 saturated carbocycles. The number of rotatable bonds is 2. The lowest BCUT2D eigenvalue weighted by Crippen LogP contribution is -2.13. The van der Waals surface area contributed by atoms with Gasteiger partial charge < -0.3 is 18.9 Å². The van der Waals surface area contributed by atoms with Crippen molar-refractivity contribution in [3.8, 4) is 11.5 Å². The van der Waals surface area contributed by atoms with Crippen molar-refractivity contribution in [3.63, 3.8) is 0 Å². The molecule has 1 aromatic rings. The van der Waals surface area contributed by atoms with E-state index in [2.05, 4.69) is 0 Å². The predicted molar refractivity (Wildman–Crippen MR) is 56.6 cm³/mol. The normalized spacial score (nSPS) is 27.3. The van der Waals surface area contributed by atoms with E-state index in [1.165, 1.54) is 5.56 Å². The Morgan fingerprint density at radius 3 is 2.94 bits per heavy atom. The minimum atomic E-state index is -0.0842. The summed E-state index contributed by atoms with van der Waals surface area (Å²) < 4.78 is 21.5. The van der Waals surface area contributed by atoms with Gasteiger partial charge in [0.2, 0.25) is 6.79 Å². The first-order valence-corrected chi connectivity index (χ1v) is 5.47. The zero-order valence-electron chi connectivity index (χ0n) is 9.14. The Bertz CT molecular complexity index is 391. The molecule has 4 heteroatoms. The molecule has 2 heterocycles. The predicted octanol–water partition coefficient (Wildman–Crippen LogP) is 1.72. The molecular formula is C12H14O4. The van der Waals surface area contributed by atoms with Gasteiger partial charge in [0.05, 0.1) is 12.7 Å². The molecule has 0 amide bonds. The summed E-state index contributed by atoms with van der Waals surface area (Å²) in [6, 6.07) is 5.99. The third kappa shape index (κ3) is 1.86. The van der Waals surface area contributed by atoms with Gasteiger partial charge in [-0.05, 0) is 24.6 Å². The van der Waals surface area contributed by atoms with Crippen molar-refractivity contribution in [2.75, 3.05) is 13.4 Å². The Hall–Kier alpha value is -1.26. The van der Waals surface area contributed by atoms with E-state index in [9.17, 15) is 0 Å². The summed E-state index contributed by atoms with van der Waals surface area (Å²) in [6.45, 7) is 2.90. The second kappa shape index (κ2) is 3.96. The van der Waals surface area contributed by atoms with E-state index in [1.807, 2.05) is 25.1 Å². The largest absolute Gasteiger partial charge is 0.454 e. The molecule has 0 bridgehead atoms. The Labute approximate surface area is 94.1 Å². The Morgan fingerprint density at radius 2 is 2.12 bits per heavy atom. The van der Waals surface area contributed by atoms with Crippen molar-refractivity contribution in [3.05, 3.63) is 23.8 Å². The molecule has 16 heavy (non-hydrogen) atoms. The summed E-state index contributed by atoms with van der Waals surface area (Å²) in [6.07, 6.45) is 0.912. The smallest absolute Gasteiger partial charge is 0.231 e. The number of hydrogen-bond donors (Lipinski definition) is 0. The molecule has 1 saturated heterocycles. The van der Waals surface area contributed by atoms with Crippen molar-refractivity contribution in [1.82, 2.24) is 0 Å². The molecule has 2 unspecified atom stereocenters. The van der Waals surface area contributed by atoms with Crippen molar-refractivity contribution in [2.24, 2.45) is 0 Å². The summed E-state index contributed by atoms with van der Waals surface area (Å²) in [5, 5.41) is 0. The van der Waals surface area contributed by atoms with Crippen LogP contribution in [0.1, 0.15) is 12.5 Å². The van der Waals surface area contributed by atoms with Crippen molar-refractivity contribution < 1.29 is 18.9 Å². The van der Waals surface area contributed by atoms with Crippen LogP contribution >= 0.6 is 0 Å². The molecule has 86 valence electrons. The highest BCUT2D eigenvalue weighted by Gasteiger charge is 2.23. The highest BCUT2D eigenvalue weighted by Crippen LogP contribution is 2.33. The number of benzene rings is 1. The maximum Gasteiger partial charge on any atom is 0.231 e. The van der Waals surface area contributed by atoms with Gasteiger partial charge in [-0.1, -0.05) is 6.07 Å². The average molecular weight is 222 g/mol. The SMILES string of the molecule is CC1OCC(Cc2ccc3c(c2)OCO3)O1. The molecule has 1 fully saturated rings. The zero-order chi connectivity index (χ0) is 11.0. The van der Waals surface area contributed by atoms with Crippen LogP contribution in [0.3, 0.4) is 0 Å². The van der Waals surface area contributed by atoms with Gasteiger partial charge in [0.25, 0.3) is 0 Å². The van der Waals surface area contributed by atoms with Gasteiger partial charge in [-0.25, -0.2) is 0 Å². The summed E-state index contributed by atoms with van der Waals surface area (Å²) >= 11 is 0. The minimum absolute atomic E-state index is 0.0842. The fourth-order valence-corrected chi connectivity index (χ4v) is 2.03. The second-order valence-corrected chi connectivity index (χ2v) is 4.05. The highest BCUT2D eigenvalue weighted by molar-refractivity contribution is 5.44. The van der Waals surface area contributed by atoms with Gasteiger partial charge >= 0.3 is 0 Å². The average Bonchev–Trinajstić information content (AvgIpc) is 2.87. The van der Waals surface area contributed by atoms with Gasteiger partial charge in [0, 0.05) is 6.42 Å². The fraction of sp³-hybridized carbons (Fsp3) is 0.500. The summed E-state index contributed by atoms with van der Waals surface area (Å²) in [5.41, 5.74) is 1.19. The highest BCUT2D eigenvalue weighted by atomic mass is 16.7. The lowest BCUT2D eigenvalue weighted by Gasteiger charge is -2.09. The molecule has 0 spiro atoms. The quantitative estimate of drug-likeness (QED) is 0.763. The lowest BCUT2D eigenvalue weighted by molar-refractivity contribution is -0.0417. The van der Waals surface area contributed by atoms with Crippen LogP contribution in [0, 0.1) is 0 Å². The van der Waals surface area contributed by atoms with E-state index in [-0.39, 0.29) is 12.4 Å². The second-order valence-electron chi connectivity index (χ2n) is 4.05. The first kappa shape index (κ1) is 9.93. The van der Waals surface area contributed by atoms with Crippen LogP contribution in [0.5, 0.6) is 11.5 Å². The van der Waals surface area contributed by atoms with Gasteiger partial charge in [0.1, 0.15) is 0 Å². The van der Waals surface area contributed by atoms with Crippen molar-refractivity contribution >= 4 is 0 Å². The molecule has 2 atom stereocenters. The van der Waals surface area contributed by atoms with Crippen LogP contribution in [0.4, 0.5) is 0 Å². The number of hydrogen-bond acceptors (Lipinski definition) is 4. The Morgan fingerprint density at radius 1 is 1.25 bits per heavy atom. The number of fused-ring (bicyclic) bond motifs is 1. The number of ether oxygens (including phenoxy) is 4.